The van der Waals surface area contributed by atoms with Gasteiger partial charge < -0.3 is 5.73 Å². The summed E-state index contributed by atoms with van der Waals surface area (Å²) in [5.41, 5.74) is 3.29. The fourth-order valence-electron chi connectivity index (χ4n) is 1.95. The Hall–Kier alpha value is -0.900. The van der Waals surface area contributed by atoms with Gasteiger partial charge in [0.25, 0.3) is 0 Å². The van der Waals surface area contributed by atoms with Crippen molar-refractivity contribution in [2.24, 2.45) is 5.73 Å². The zero-order chi connectivity index (χ0) is 17.2. The van der Waals surface area contributed by atoms with Crippen LogP contribution >= 0.6 is 12.4 Å². The van der Waals surface area contributed by atoms with E-state index in [0.29, 0.717) is 25.0 Å². The Morgan fingerprint density at radius 1 is 1.17 bits per heavy atom. The van der Waals surface area contributed by atoms with E-state index in [0.717, 1.165) is 0 Å². The number of sulfonamides is 1. The van der Waals surface area contributed by atoms with E-state index in [2.05, 4.69) is 4.72 Å². The number of halogens is 5. The third-order valence-electron chi connectivity index (χ3n) is 3.64. The van der Waals surface area contributed by atoms with Crippen LogP contribution in [0.1, 0.15) is 32.3 Å². The molecule has 0 aliphatic heterocycles. The second-order valence-electron chi connectivity index (χ2n) is 4.94. The molecule has 0 spiro atoms. The van der Waals surface area contributed by atoms with Crippen LogP contribution in [0.25, 0.3) is 0 Å². The van der Waals surface area contributed by atoms with Crippen molar-refractivity contribution in [1.29, 1.82) is 0 Å². The lowest BCUT2D eigenvalue weighted by atomic mass is 9.95. The number of nitrogens with two attached hydrogens (primary N) is 1. The van der Waals surface area contributed by atoms with Crippen molar-refractivity contribution in [3.05, 3.63) is 29.6 Å². The van der Waals surface area contributed by atoms with E-state index in [4.69, 9.17) is 5.73 Å². The van der Waals surface area contributed by atoms with E-state index in [1.54, 1.807) is 13.8 Å². The van der Waals surface area contributed by atoms with Crippen LogP contribution < -0.4 is 10.5 Å². The molecule has 134 valence electrons. The van der Waals surface area contributed by atoms with E-state index in [1.807, 2.05) is 0 Å². The first-order valence-electron chi connectivity index (χ1n) is 6.62. The molecular weight excluding hydrogens is 360 g/mol. The molecule has 0 heterocycles. The normalized spacial score (nSPS) is 12.8. The number of rotatable bonds is 6. The third-order valence-corrected chi connectivity index (χ3v) is 5.24. The van der Waals surface area contributed by atoms with Crippen LogP contribution in [-0.4, -0.2) is 20.5 Å². The van der Waals surface area contributed by atoms with Crippen LogP contribution in [0, 0.1) is 5.82 Å². The molecule has 0 aromatic heterocycles. The number of hydrogen-bond donors (Lipinski definition) is 2. The fourth-order valence-corrected chi connectivity index (χ4v) is 3.61. The van der Waals surface area contributed by atoms with Gasteiger partial charge in [-0.05, 0) is 31.0 Å². The average molecular weight is 379 g/mol. The van der Waals surface area contributed by atoms with Gasteiger partial charge in [0.2, 0.25) is 10.0 Å². The Bertz CT molecular complexity index is 623. The summed E-state index contributed by atoms with van der Waals surface area (Å²) in [6.07, 6.45) is -4.13. The van der Waals surface area contributed by atoms with Crippen LogP contribution in [0.15, 0.2) is 23.1 Å². The molecular formula is C13H19ClF4N2O2S. The van der Waals surface area contributed by atoms with E-state index in [-0.39, 0.29) is 25.0 Å². The van der Waals surface area contributed by atoms with Gasteiger partial charge in [0.15, 0.2) is 0 Å². The Labute approximate surface area is 138 Å². The summed E-state index contributed by atoms with van der Waals surface area (Å²) in [6.45, 7) is 3.31. The highest BCUT2D eigenvalue weighted by Crippen LogP contribution is 2.32. The van der Waals surface area contributed by atoms with E-state index < -0.39 is 38.0 Å². The van der Waals surface area contributed by atoms with Gasteiger partial charge in [0, 0.05) is 12.1 Å². The summed E-state index contributed by atoms with van der Waals surface area (Å²) < 4.78 is 78.5. The second kappa shape index (κ2) is 7.78. The highest BCUT2D eigenvalue weighted by atomic mass is 35.5. The Morgan fingerprint density at radius 2 is 1.70 bits per heavy atom. The molecule has 1 aromatic carbocycles. The molecule has 1 aromatic rings. The van der Waals surface area contributed by atoms with Crippen molar-refractivity contribution in [2.45, 2.75) is 43.3 Å². The summed E-state index contributed by atoms with van der Waals surface area (Å²) in [7, 11) is -4.47. The number of nitrogens with one attached hydrogen (secondary N) is 1. The number of benzene rings is 1. The standard InChI is InChI=1S/C13H18F4N2O2S.ClH/c1-3-12(4-2,8-18)19-22(20,21)11-7-9(13(15,16)17)5-6-10(11)14;/h5-7,19H,3-4,8,18H2,1-2H3;1H. The molecule has 0 atom stereocenters. The Balaban J connectivity index is 0.00000484. The summed E-state index contributed by atoms with van der Waals surface area (Å²) >= 11 is 0. The molecule has 0 amide bonds. The van der Waals surface area contributed by atoms with Gasteiger partial charge in [-0.1, -0.05) is 13.8 Å². The van der Waals surface area contributed by atoms with Gasteiger partial charge >= 0.3 is 6.18 Å². The number of hydrogen-bond acceptors (Lipinski definition) is 3. The zero-order valence-electron chi connectivity index (χ0n) is 12.6. The third kappa shape index (κ3) is 5.03. The fraction of sp³-hybridized carbons (Fsp3) is 0.538. The molecule has 1 rings (SSSR count). The first kappa shape index (κ1) is 22.1. The van der Waals surface area contributed by atoms with Gasteiger partial charge in [-0.3, -0.25) is 0 Å². The lowest BCUT2D eigenvalue weighted by Gasteiger charge is -2.31. The van der Waals surface area contributed by atoms with Gasteiger partial charge in [0.1, 0.15) is 10.7 Å². The molecule has 0 saturated heterocycles. The molecule has 23 heavy (non-hydrogen) atoms. The smallest absolute Gasteiger partial charge is 0.329 e. The minimum Gasteiger partial charge on any atom is -0.329 e. The molecule has 0 radical (unpaired) electrons. The maximum Gasteiger partial charge on any atom is 0.416 e. The zero-order valence-corrected chi connectivity index (χ0v) is 14.2. The van der Waals surface area contributed by atoms with Gasteiger partial charge in [-0.15, -0.1) is 12.4 Å². The number of alkyl halides is 3. The van der Waals surface area contributed by atoms with Crippen molar-refractivity contribution < 1.29 is 26.0 Å². The molecule has 0 bridgehead atoms. The van der Waals surface area contributed by atoms with Crippen molar-refractivity contribution >= 4 is 22.4 Å². The van der Waals surface area contributed by atoms with Crippen LogP contribution in [-0.2, 0) is 16.2 Å². The van der Waals surface area contributed by atoms with Gasteiger partial charge in [0.05, 0.1) is 5.56 Å². The molecule has 0 aliphatic carbocycles. The largest absolute Gasteiger partial charge is 0.416 e. The molecule has 10 heteroatoms. The minimum absolute atomic E-state index is 0. The first-order chi connectivity index (χ1) is 10.0. The van der Waals surface area contributed by atoms with Gasteiger partial charge in [-0.25, -0.2) is 17.5 Å². The average Bonchev–Trinajstić information content (AvgIpc) is 2.44. The summed E-state index contributed by atoms with van der Waals surface area (Å²) in [4.78, 5) is -1.04. The minimum atomic E-state index is -4.77. The van der Waals surface area contributed by atoms with Crippen molar-refractivity contribution in [2.75, 3.05) is 6.54 Å². The molecule has 0 aliphatic rings. The first-order valence-corrected chi connectivity index (χ1v) is 8.10. The SMILES string of the molecule is CCC(CC)(CN)NS(=O)(=O)c1cc(C(F)(F)F)ccc1F.Cl. The maximum absolute atomic E-state index is 13.7. The molecule has 3 N–H and O–H groups in total. The van der Waals surface area contributed by atoms with E-state index >= 15 is 0 Å². The predicted molar refractivity (Wildman–Crippen MR) is 81.3 cm³/mol. The van der Waals surface area contributed by atoms with Crippen LogP contribution in [0.5, 0.6) is 0 Å². The highest BCUT2D eigenvalue weighted by molar-refractivity contribution is 7.89. The predicted octanol–water partition coefficient (Wildman–Crippen LogP) is 3.06. The lowest BCUT2D eigenvalue weighted by molar-refractivity contribution is -0.137. The second-order valence-corrected chi connectivity index (χ2v) is 6.59. The molecule has 4 nitrogen and oxygen atoms in total. The molecule has 0 saturated carbocycles. The lowest BCUT2D eigenvalue weighted by Crippen LogP contribution is -2.52. The molecule has 0 fully saturated rings. The van der Waals surface area contributed by atoms with E-state index in [9.17, 15) is 26.0 Å². The van der Waals surface area contributed by atoms with Crippen LogP contribution in [0.3, 0.4) is 0 Å². The molecule has 0 unspecified atom stereocenters. The highest BCUT2D eigenvalue weighted by Gasteiger charge is 2.36. The quantitative estimate of drug-likeness (QED) is 0.747. The van der Waals surface area contributed by atoms with Crippen molar-refractivity contribution in [3.63, 3.8) is 0 Å². The van der Waals surface area contributed by atoms with Gasteiger partial charge in [-0.2, -0.15) is 13.2 Å². The van der Waals surface area contributed by atoms with E-state index in [1.165, 1.54) is 0 Å². The maximum atomic E-state index is 13.7. The van der Waals surface area contributed by atoms with Crippen molar-refractivity contribution in [1.82, 2.24) is 4.72 Å². The topological polar surface area (TPSA) is 72.2 Å². The Morgan fingerprint density at radius 3 is 2.09 bits per heavy atom. The van der Waals surface area contributed by atoms with Crippen LogP contribution in [0.4, 0.5) is 17.6 Å². The van der Waals surface area contributed by atoms with Crippen molar-refractivity contribution in [3.8, 4) is 0 Å². The van der Waals surface area contributed by atoms with Crippen LogP contribution in [0.2, 0.25) is 0 Å². The summed E-state index contributed by atoms with van der Waals surface area (Å²) in [6, 6.07) is 1.26. The Kier molecular flexibility index (Phi) is 7.48. The summed E-state index contributed by atoms with van der Waals surface area (Å²) in [5, 5.41) is 0. The monoisotopic (exact) mass is 378 g/mol. The summed E-state index contributed by atoms with van der Waals surface area (Å²) in [5.74, 6) is -1.25.